The van der Waals surface area contributed by atoms with Crippen molar-refractivity contribution in [2.45, 2.75) is 52.6 Å². The van der Waals surface area contributed by atoms with E-state index in [1.807, 2.05) is 0 Å². The molecule has 140 valence electrons. The standard InChI is InChI=1S/C21H34N2O2/c1-15(2)20(19-9-7-16(3)8-10-19)21(24)22-13-17(4)23(11-12-25-6)18(5)14-22/h7-10,15,17-18,20H,11-14H2,1-6H3. The summed E-state index contributed by atoms with van der Waals surface area (Å²) in [6, 6.07) is 9.14. The summed E-state index contributed by atoms with van der Waals surface area (Å²) in [5, 5.41) is 0. The molecular weight excluding hydrogens is 312 g/mol. The van der Waals surface area contributed by atoms with Gasteiger partial charge >= 0.3 is 0 Å². The number of carbonyl (C=O) groups is 1. The lowest BCUT2D eigenvalue weighted by atomic mass is 9.86. The second-order valence-corrected chi connectivity index (χ2v) is 7.80. The molecule has 1 aromatic carbocycles. The van der Waals surface area contributed by atoms with Crippen LogP contribution < -0.4 is 0 Å². The maximum atomic E-state index is 13.3. The molecule has 2 rings (SSSR count). The van der Waals surface area contributed by atoms with Crippen LogP contribution in [0, 0.1) is 12.8 Å². The highest BCUT2D eigenvalue weighted by Crippen LogP contribution is 2.29. The molecular formula is C21H34N2O2. The minimum atomic E-state index is -0.0643. The second-order valence-electron chi connectivity index (χ2n) is 7.80. The van der Waals surface area contributed by atoms with E-state index >= 15 is 0 Å². The highest BCUT2D eigenvalue weighted by Gasteiger charge is 2.35. The normalized spacial score (nSPS) is 23.1. The van der Waals surface area contributed by atoms with Crippen LogP contribution in [0.25, 0.3) is 0 Å². The molecule has 3 unspecified atom stereocenters. The minimum Gasteiger partial charge on any atom is -0.383 e. The number of aryl methyl sites for hydroxylation is 1. The third-order valence-electron chi connectivity index (χ3n) is 5.34. The average molecular weight is 347 g/mol. The molecule has 1 heterocycles. The van der Waals surface area contributed by atoms with E-state index in [-0.39, 0.29) is 17.7 Å². The zero-order valence-electron chi connectivity index (χ0n) is 16.7. The molecule has 1 aromatic rings. The van der Waals surface area contributed by atoms with Crippen molar-refractivity contribution in [1.82, 2.24) is 9.80 Å². The highest BCUT2D eigenvalue weighted by atomic mass is 16.5. The maximum absolute atomic E-state index is 13.3. The van der Waals surface area contributed by atoms with E-state index in [0.717, 1.165) is 31.8 Å². The summed E-state index contributed by atoms with van der Waals surface area (Å²) in [6.07, 6.45) is 0. The van der Waals surface area contributed by atoms with E-state index in [2.05, 4.69) is 68.7 Å². The number of hydrogen-bond donors (Lipinski definition) is 0. The van der Waals surface area contributed by atoms with Crippen molar-refractivity contribution in [3.63, 3.8) is 0 Å². The van der Waals surface area contributed by atoms with Crippen LogP contribution in [-0.4, -0.2) is 61.1 Å². The maximum Gasteiger partial charge on any atom is 0.230 e. The van der Waals surface area contributed by atoms with Gasteiger partial charge in [-0.25, -0.2) is 0 Å². The topological polar surface area (TPSA) is 32.8 Å². The first-order valence-electron chi connectivity index (χ1n) is 9.45. The van der Waals surface area contributed by atoms with Gasteiger partial charge in [0.2, 0.25) is 5.91 Å². The van der Waals surface area contributed by atoms with Gasteiger partial charge in [0, 0.05) is 38.8 Å². The van der Waals surface area contributed by atoms with Crippen molar-refractivity contribution >= 4 is 5.91 Å². The smallest absolute Gasteiger partial charge is 0.230 e. The summed E-state index contributed by atoms with van der Waals surface area (Å²) in [4.78, 5) is 17.8. The Morgan fingerprint density at radius 1 is 1.16 bits per heavy atom. The van der Waals surface area contributed by atoms with Gasteiger partial charge in [-0.3, -0.25) is 9.69 Å². The van der Waals surface area contributed by atoms with Gasteiger partial charge in [-0.15, -0.1) is 0 Å². The Hall–Kier alpha value is -1.39. The van der Waals surface area contributed by atoms with Crippen LogP contribution in [0.15, 0.2) is 24.3 Å². The first-order valence-corrected chi connectivity index (χ1v) is 9.45. The number of ether oxygens (including phenoxy) is 1. The zero-order valence-corrected chi connectivity index (χ0v) is 16.7. The molecule has 0 spiro atoms. The fourth-order valence-electron chi connectivity index (χ4n) is 3.96. The molecule has 3 atom stereocenters. The Kier molecular flexibility index (Phi) is 7.03. The molecule has 1 fully saturated rings. The second kappa shape index (κ2) is 8.81. The number of hydrogen-bond acceptors (Lipinski definition) is 3. The van der Waals surface area contributed by atoms with Crippen LogP contribution in [0.1, 0.15) is 44.7 Å². The summed E-state index contributed by atoms with van der Waals surface area (Å²) in [5.41, 5.74) is 2.36. The van der Waals surface area contributed by atoms with Gasteiger partial charge in [0.05, 0.1) is 12.5 Å². The van der Waals surface area contributed by atoms with Gasteiger partial charge in [0.15, 0.2) is 0 Å². The van der Waals surface area contributed by atoms with Crippen molar-refractivity contribution in [2.75, 3.05) is 33.4 Å². The van der Waals surface area contributed by atoms with Gasteiger partial charge in [-0.05, 0) is 32.3 Å². The zero-order chi connectivity index (χ0) is 18.6. The molecule has 25 heavy (non-hydrogen) atoms. The van der Waals surface area contributed by atoms with E-state index in [9.17, 15) is 4.79 Å². The highest BCUT2D eigenvalue weighted by molar-refractivity contribution is 5.84. The summed E-state index contributed by atoms with van der Waals surface area (Å²) in [6.45, 7) is 14.0. The lowest BCUT2D eigenvalue weighted by Crippen LogP contribution is -2.59. The first-order chi connectivity index (χ1) is 11.8. The molecule has 0 N–H and O–H groups in total. The van der Waals surface area contributed by atoms with Crippen LogP contribution in [0.2, 0.25) is 0 Å². The van der Waals surface area contributed by atoms with E-state index in [4.69, 9.17) is 4.74 Å². The molecule has 1 aliphatic rings. The van der Waals surface area contributed by atoms with E-state index < -0.39 is 0 Å². The molecule has 0 bridgehead atoms. The van der Waals surface area contributed by atoms with Gasteiger partial charge in [-0.1, -0.05) is 43.7 Å². The van der Waals surface area contributed by atoms with Crippen LogP contribution in [-0.2, 0) is 9.53 Å². The lowest BCUT2D eigenvalue weighted by Gasteiger charge is -2.45. The number of nitrogens with zero attached hydrogens (tertiary/aromatic N) is 2. The van der Waals surface area contributed by atoms with E-state index in [1.54, 1.807) is 7.11 Å². The third kappa shape index (κ3) is 4.83. The Balaban J connectivity index is 2.13. The van der Waals surface area contributed by atoms with Crippen molar-refractivity contribution < 1.29 is 9.53 Å². The Morgan fingerprint density at radius 3 is 2.20 bits per heavy atom. The van der Waals surface area contributed by atoms with Crippen LogP contribution in [0.4, 0.5) is 0 Å². The largest absolute Gasteiger partial charge is 0.383 e. The first kappa shape index (κ1) is 19.9. The molecule has 1 saturated heterocycles. The monoisotopic (exact) mass is 346 g/mol. The summed E-state index contributed by atoms with van der Waals surface area (Å²) >= 11 is 0. The number of piperazine rings is 1. The number of rotatable bonds is 6. The number of benzene rings is 1. The fourth-order valence-corrected chi connectivity index (χ4v) is 3.96. The molecule has 0 aliphatic carbocycles. The van der Waals surface area contributed by atoms with Crippen molar-refractivity contribution in [3.05, 3.63) is 35.4 Å². The van der Waals surface area contributed by atoms with Crippen molar-refractivity contribution in [1.29, 1.82) is 0 Å². The van der Waals surface area contributed by atoms with Crippen LogP contribution >= 0.6 is 0 Å². The minimum absolute atomic E-state index is 0.0643. The fraction of sp³-hybridized carbons (Fsp3) is 0.667. The molecule has 1 aliphatic heterocycles. The molecule has 0 saturated carbocycles. The van der Waals surface area contributed by atoms with Crippen LogP contribution in [0.3, 0.4) is 0 Å². The van der Waals surface area contributed by atoms with Gasteiger partial charge in [-0.2, -0.15) is 0 Å². The molecule has 4 heteroatoms. The molecule has 0 aromatic heterocycles. The van der Waals surface area contributed by atoms with Crippen LogP contribution in [0.5, 0.6) is 0 Å². The summed E-state index contributed by atoms with van der Waals surface area (Å²) in [7, 11) is 1.74. The summed E-state index contributed by atoms with van der Waals surface area (Å²) < 4.78 is 5.23. The molecule has 4 nitrogen and oxygen atoms in total. The van der Waals surface area contributed by atoms with E-state index in [0.29, 0.717) is 12.1 Å². The average Bonchev–Trinajstić information content (AvgIpc) is 2.55. The lowest BCUT2D eigenvalue weighted by molar-refractivity contribution is -0.138. The predicted octanol–water partition coefficient (Wildman–Crippen LogP) is 3.30. The third-order valence-corrected chi connectivity index (χ3v) is 5.34. The van der Waals surface area contributed by atoms with E-state index in [1.165, 1.54) is 5.56 Å². The van der Waals surface area contributed by atoms with Gasteiger partial charge in [0.25, 0.3) is 0 Å². The number of methoxy groups -OCH3 is 1. The van der Waals surface area contributed by atoms with Gasteiger partial charge < -0.3 is 9.64 Å². The number of carbonyl (C=O) groups excluding carboxylic acids is 1. The SMILES string of the molecule is COCCN1C(C)CN(C(=O)C(c2ccc(C)cc2)C(C)C)CC1C. The van der Waals surface area contributed by atoms with Crippen molar-refractivity contribution in [2.24, 2.45) is 5.92 Å². The molecule has 1 amide bonds. The Morgan fingerprint density at radius 2 is 1.72 bits per heavy atom. The quantitative estimate of drug-likeness (QED) is 0.792. The Bertz CT molecular complexity index is 544. The predicted molar refractivity (Wildman–Crippen MR) is 103 cm³/mol. The van der Waals surface area contributed by atoms with Crippen molar-refractivity contribution in [3.8, 4) is 0 Å². The number of amides is 1. The Labute approximate surface area is 153 Å². The van der Waals surface area contributed by atoms with Gasteiger partial charge in [0.1, 0.15) is 0 Å². The molecule has 0 radical (unpaired) electrons. The summed E-state index contributed by atoms with van der Waals surface area (Å²) in [5.74, 6) is 0.488.